The maximum absolute atomic E-state index is 13.0. The summed E-state index contributed by atoms with van der Waals surface area (Å²) in [4.78, 5) is 3.28. The highest BCUT2D eigenvalue weighted by molar-refractivity contribution is 7.92. The van der Waals surface area contributed by atoms with E-state index < -0.39 is 15.8 Å². The molecule has 100 valence electrons. The van der Waals surface area contributed by atoms with Crippen LogP contribution in [0.4, 0.5) is 10.1 Å². The molecule has 7 heteroatoms. The molecule has 0 radical (unpaired) electrons. The van der Waals surface area contributed by atoms with Crippen molar-refractivity contribution < 1.29 is 12.8 Å². The maximum Gasteiger partial charge on any atom is 0.263 e. The molecule has 19 heavy (non-hydrogen) atoms. The minimum Gasteiger partial charge on any atom is -0.326 e. The van der Waals surface area contributed by atoms with Crippen molar-refractivity contribution in [2.24, 2.45) is 5.73 Å². The van der Waals surface area contributed by atoms with Crippen LogP contribution in [0.15, 0.2) is 47.6 Å². The Kier molecular flexibility index (Phi) is 3.77. The fourth-order valence-electron chi connectivity index (χ4n) is 1.54. The Bertz CT molecular complexity index is 689. The molecule has 5 nitrogen and oxygen atoms in total. The van der Waals surface area contributed by atoms with Gasteiger partial charge >= 0.3 is 0 Å². The van der Waals surface area contributed by atoms with Crippen LogP contribution in [0.5, 0.6) is 0 Å². The molecule has 2 aromatic rings. The van der Waals surface area contributed by atoms with Crippen molar-refractivity contribution in [3.63, 3.8) is 0 Å². The van der Waals surface area contributed by atoms with Gasteiger partial charge in [0.1, 0.15) is 10.7 Å². The number of para-hydroxylation sites is 1. The summed E-state index contributed by atoms with van der Waals surface area (Å²) >= 11 is 0. The molecule has 1 heterocycles. The summed E-state index contributed by atoms with van der Waals surface area (Å²) < 4.78 is 39.5. The summed E-state index contributed by atoms with van der Waals surface area (Å²) in [7, 11) is -3.88. The molecule has 0 bridgehead atoms. The average Bonchev–Trinajstić information content (AvgIpc) is 2.39. The molecular weight excluding hydrogens is 269 g/mol. The second-order valence-corrected chi connectivity index (χ2v) is 5.49. The van der Waals surface area contributed by atoms with Crippen molar-refractivity contribution in [3.8, 4) is 0 Å². The lowest BCUT2D eigenvalue weighted by molar-refractivity contribution is 0.592. The lowest BCUT2D eigenvalue weighted by Gasteiger charge is -2.11. The van der Waals surface area contributed by atoms with Gasteiger partial charge < -0.3 is 5.73 Å². The number of pyridine rings is 1. The SMILES string of the molecule is NCc1ccccc1NS(=O)(=O)c1cncc(F)c1. The van der Waals surface area contributed by atoms with E-state index in [1.807, 2.05) is 0 Å². The van der Waals surface area contributed by atoms with Crippen LogP contribution in [-0.4, -0.2) is 13.4 Å². The van der Waals surface area contributed by atoms with Crippen LogP contribution in [0.25, 0.3) is 0 Å². The number of sulfonamides is 1. The van der Waals surface area contributed by atoms with Crippen molar-refractivity contribution in [3.05, 3.63) is 54.1 Å². The molecule has 0 saturated heterocycles. The molecule has 0 fully saturated rings. The van der Waals surface area contributed by atoms with Crippen LogP contribution < -0.4 is 10.5 Å². The highest BCUT2D eigenvalue weighted by atomic mass is 32.2. The second-order valence-electron chi connectivity index (χ2n) is 3.81. The monoisotopic (exact) mass is 281 g/mol. The summed E-state index contributed by atoms with van der Waals surface area (Å²) in [6, 6.07) is 7.64. The molecular formula is C12H12FN3O2S. The van der Waals surface area contributed by atoms with Gasteiger partial charge in [0.2, 0.25) is 0 Å². The first kappa shape index (κ1) is 13.4. The van der Waals surface area contributed by atoms with E-state index in [4.69, 9.17) is 5.73 Å². The normalized spacial score (nSPS) is 11.3. The van der Waals surface area contributed by atoms with Crippen molar-refractivity contribution >= 4 is 15.7 Å². The second kappa shape index (κ2) is 5.33. The van der Waals surface area contributed by atoms with Gasteiger partial charge in [-0.25, -0.2) is 12.8 Å². The highest BCUT2D eigenvalue weighted by Gasteiger charge is 2.16. The van der Waals surface area contributed by atoms with Crippen molar-refractivity contribution in [2.45, 2.75) is 11.4 Å². The zero-order valence-electron chi connectivity index (χ0n) is 9.88. The molecule has 1 aromatic heterocycles. The standard InChI is InChI=1S/C12H12FN3O2S/c13-10-5-11(8-15-7-10)19(17,18)16-12-4-2-1-3-9(12)6-14/h1-5,7-8,16H,6,14H2. The number of rotatable bonds is 4. The van der Waals surface area contributed by atoms with Gasteiger partial charge in [-0.3, -0.25) is 9.71 Å². The largest absolute Gasteiger partial charge is 0.326 e. The number of nitrogens with zero attached hydrogens (tertiary/aromatic N) is 1. The lowest BCUT2D eigenvalue weighted by atomic mass is 10.2. The van der Waals surface area contributed by atoms with E-state index in [1.54, 1.807) is 24.3 Å². The van der Waals surface area contributed by atoms with E-state index in [2.05, 4.69) is 9.71 Å². The third-order valence-electron chi connectivity index (χ3n) is 2.47. The fraction of sp³-hybridized carbons (Fsp3) is 0.0833. The number of nitrogens with one attached hydrogen (secondary N) is 1. The Morgan fingerprint density at radius 3 is 2.68 bits per heavy atom. The van der Waals surface area contributed by atoms with Crippen molar-refractivity contribution in [1.29, 1.82) is 0 Å². The van der Waals surface area contributed by atoms with Crippen LogP contribution in [-0.2, 0) is 16.6 Å². The molecule has 3 N–H and O–H groups in total. The summed E-state index contributed by atoms with van der Waals surface area (Å²) in [6.07, 6.45) is 2.02. The minimum absolute atomic E-state index is 0.195. The predicted molar refractivity (Wildman–Crippen MR) is 69.3 cm³/mol. The number of nitrogens with two attached hydrogens (primary N) is 1. The number of hydrogen-bond acceptors (Lipinski definition) is 4. The van der Waals surface area contributed by atoms with Crippen molar-refractivity contribution in [1.82, 2.24) is 4.98 Å². The van der Waals surface area contributed by atoms with Gasteiger partial charge in [-0.2, -0.15) is 0 Å². The molecule has 0 unspecified atom stereocenters. The molecule has 0 saturated carbocycles. The summed E-state index contributed by atoms with van der Waals surface area (Å²) in [5.41, 5.74) is 6.54. The van der Waals surface area contributed by atoms with Crippen molar-refractivity contribution in [2.75, 3.05) is 4.72 Å². The third-order valence-corrected chi connectivity index (χ3v) is 3.80. The zero-order chi connectivity index (χ0) is 13.9. The minimum atomic E-state index is -3.88. The molecule has 0 amide bonds. The molecule has 1 aromatic carbocycles. The number of benzene rings is 1. The van der Waals surface area contributed by atoms with E-state index in [-0.39, 0.29) is 11.4 Å². The van der Waals surface area contributed by atoms with Gasteiger partial charge in [-0.05, 0) is 17.7 Å². The van der Waals surface area contributed by atoms with E-state index in [1.165, 1.54) is 0 Å². The van der Waals surface area contributed by atoms with Gasteiger partial charge in [0.25, 0.3) is 10.0 Å². The Hall–Kier alpha value is -1.99. The molecule has 0 atom stereocenters. The van der Waals surface area contributed by atoms with Gasteiger partial charge in [-0.15, -0.1) is 0 Å². The van der Waals surface area contributed by atoms with Gasteiger partial charge in [0, 0.05) is 12.7 Å². The highest BCUT2D eigenvalue weighted by Crippen LogP contribution is 2.19. The molecule has 2 rings (SSSR count). The Balaban J connectivity index is 2.37. The number of aromatic nitrogens is 1. The lowest BCUT2D eigenvalue weighted by Crippen LogP contribution is -2.15. The van der Waals surface area contributed by atoms with Crippen LogP contribution in [0.3, 0.4) is 0 Å². The summed E-state index contributed by atoms with van der Waals surface area (Å²) in [5, 5.41) is 0. The van der Waals surface area contributed by atoms with Gasteiger partial charge in [0.15, 0.2) is 0 Å². The number of halogens is 1. The van der Waals surface area contributed by atoms with Gasteiger partial charge in [0.05, 0.1) is 11.9 Å². The molecule has 0 aliphatic carbocycles. The average molecular weight is 281 g/mol. The number of hydrogen-bond donors (Lipinski definition) is 2. The summed E-state index contributed by atoms with van der Waals surface area (Å²) in [5.74, 6) is -0.713. The van der Waals surface area contributed by atoms with Crippen LogP contribution in [0, 0.1) is 5.82 Å². The van der Waals surface area contributed by atoms with Gasteiger partial charge in [-0.1, -0.05) is 18.2 Å². The molecule has 0 aliphatic heterocycles. The molecule has 0 aliphatic rings. The van der Waals surface area contributed by atoms with E-state index in [0.29, 0.717) is 11.3 Å². The van der Waals surface area contributed by atoms with Crippen LogP contribution in [0.2, 0.25) is 0 Å². The smallest absolute Gasteiger partial charge is 0.263 e. The van der Waals surface area contributed by atoms with Crippen LogP contribution in [0.1, 0.15) is 5.56 Å². The fourth-order valence-corrected chi connectivity index (χ4v) is 2.61. The first-order valence-electron chi connectivity index (χ1n) is 5.44. The Morgan fingerprint density at radius 2 is 2.00 bits per heavy atom. The maximum atomic E-state index is 13.0. The quantitative estimate of drug-likeness (QED) is 0.889. The summed E-state index contributed by atoms with van der Waals surface area (Å²) in [6.45, 7) is 0.195. The van der Waals surface area contributed by atoms with E-state index >= 15 is 0 Å². The first-order chi connectivity index (χ1) is 9.03. The predicted octanol–water partition coefficient (Wildman–Crippen LogP) is 1.48. The van der Waals surface area contributed by atoms with E-state index in [9.17, 15) is 12.8 Å². The first-order valence-corrected chi connectivity index (χ1v) is 6.92. The Labute approximate surface area is 110 Å². The van der Waals surface area contributed by atoms with E-state index in [0.717, 1.165) is 18.5 Å². The topological polar surface area (TPSA) is 85.1 Å². The Morgan fingerprint density at radius 1 is 1.26 bits per heavy atom. The number of anilines is 1. The van der Waals surface area contributed by atoms with Crippen LogP contribution >= 0.6 is 0 Å². The molecule has 0 spiro atoms. The third kappa shape index (κ3) is 3.07. The zero-order valence-corrected chi connectivity index (χ0v) is 10.7.